The van der Waals surface area contributed by atoms with Crippen molar-refractivity contribution in [3.63, 3.8) is 0 Å². The molecule has 0 atom stereocenters. The zero-order valence-electron chi connectivity index (χ0n) is 9.13. The lowest BCUT2D eigenvalue weighted by atomic mass is 9.84. The van der Waals surface area contributed by atoms with Crippen molar-refractivity contribution < 1.29 is 4.74 Å². The Kier molecular flexibility index (Phi) is 3.68. The molecule has 1 aromatic rings. The molecule has 0 amide bonds. The van der Waals surface area contributed by atoms with Crippen molar-refractivity contribution in [3.8, 4) is 5.75 Å². The molecule has 15 heavy (non-hydrogen) atoms. The molecule has 1 aliphatic rings. The zero-order valence-corrected chi connectivity index (χ0v) is 10.7. The number of halogens is 1. The number of hydrogen-bond donors (Lipinski definition) is 0. The highest BCUT2D eigenvalue weighted by Gasteiger charge is 2.16. The van der Waals surface area contributed by atoms with E-state index in [1.165, 1.54) is 37.7 Å². The minimum Gasteiger partial charge on any atom is -0.496 e. The van der Waals surface area contributed by atoms with Gasteiger partial charge in [-0.1, -0.05) is 25.3 Å². The maximum atomic E-state index is 5.24. The minimum atomic E-state index is 0.765. The summed E-state index contributed by atoms with van der Waals surface area (Å²) in [7, 11) is 1.71. The van der Waals surface area contributed by atoms with Crippen LogP contribution in [0.15, 0.2) is 22.7 Å². The second-order valence-electron chi connectivity index (χ2n) is 4.23. The molecular weight excluding hydrogens is 252 g/mol. The van der Waals surface area contributed by atoms with Gasteiger partial charge in [0, 0.05) is 0 Å². The molecule has 82 valence electrons. The Morgan fingerprint density at radius 2 is 1.93 bits per heavy atom. The summed E-state index contributed by atoms with van der Waals surface area (Å²) in [6, 6.07) is 6.49. The Morgan fingerprint density at radius 1 is 1.20 bits per heavy atom. The van der Waals surface area contributed by atoms with Crippen molar-refractivity contribution >= 4 is 15.9 Å². The molecule has 0 aromatic heterocycles. The summed E-state index contributed by atoms with van der Waals surface area (Å²) >= 11 is 3.55. The highest BCUT2D eigenvalue weighted by molar-refractivity contribution is 9.10. The second kappa shape index (κ2) is 5.02. The van der Waals surface area contributed by atoms with Crippen LogP contribution in [0.25, 0.3) is 0 Å². The molecule has 0 N–H and O–H groups in total. The van der Waals surface area contributed by atoms with E-state index >= 15 is 0 Å². The lowest BCUT2D eigenvalue weighted by molar-refractivity contribution is 0.410. The molecule has 1 fully saturated rings. The van der Waals surface area contributed by atoms with Gasteiger partial charge in [-0.25, -0.2) is 0 Å². The molecule has 2 heteroatoms. The Bertz CT molecular complexity index is 329. The summed E-state index contributed by atoms with van der Waals surface area (Å²) in [5.74, 6) is 1.69. The van der Waals surface area contributed by atoms with Crippen LogP contribution in [0.4, 0.5) is 0 Å². The second-order valence-corrected chi connectivity index (χ2v) is 5.08. The molecule has 0 aliphatic heterocycles. The van der Waals surface area contributed by atoms with Crippen molar-refractivity contribution in [2.24, 2.45) is 0 Å². The monoisotopic (exact) mass is 268 g/mol. The highest BCUT2D eigenvalue weighted by atomic mass is 79.9. The van der Waals surface area contributed by atoms with Gasteiger partial charge in [0.1, 0.15) is 5.75 Å². The third-order valence-corrected chi connectivity index (χ3v) is 3.87. The Balaban J connectivity index is 2.17. The fourth-order valence-corrected chi connectivity index (χ4v) is 2.93. The van der Waals surface area contributed by atoms with Gasteiger partial charge in [0.25, 0.3) is 0 Å². The Hall–Kier alpha value is -0.500. The molecule has 1 aliphatic carbocycles. The van der Waals surface area contributed by atoms with Crippen molar-refractivity contribution in [3.05, 3.63) is 28.2 Å². The van der Waals surface area contributed by atoms with Gasteiger partial charge in [0.2, 0.25) is 0 Å². The normalized spacial score (nSPS) is 17.7. The van der Waals surface area contributed by atoms with Crippen LogP contribution in [0, 0.1) is 0 Å². The maximum Gasteiger partial charge on any atom is 0.133 e. The average molecular weight is 269 g/mol. The van der Waals surface area contributed by atoms with E-state index in [0.717, 1.165) is 16.1 Å². The van der Waals surface area contributed by atoms with Gasteiger partial charge in [-0.3, -0.25) is 0 Å². The summed E-state index contributed by atoms with van der Waals surface area (Å²) in [6.45, 7) is 0. The molecular formula is C13H17BrO. The van der Waals surface area contributed by atoms with E-state index in [4.69, 9.17) is 4.74 Å². The predicted octanol–water partition coefficient (Wildman–Crippen LogP) is 4.51. The van der Waals surface area contributed by atoms with Gasteiger partial charge in [-0.15, -0.1) is 0 Å². The van der Waals surface area contributed by atoms with Gasteiger partial charge in [0.05, 0.1) is 11.6 Å². The fourth-order valence-electron chi connectivity index (χ4n) is 2.37. The van der Waals surface area contributed by atoms with Crippen LogP contribution < -0.4 is 4.74 Å². The van der Waals surface area contributed by atoms with Crippen LogP contribution >= 0.6 is 15.9 Å². The van der Waals surface area contributed by atoms with Crippen LogP contribution in [0.3, 0.4) is 0 Å². The summed E-state index contributed by atoms with van der Waals surface area (Å²) in [5, 5.41) is 0. The van der Waals surface area contributed by atoms with Gasteiger partial charge in [-0.05, 0) is 52.4 Å². The summed E-state index contributed by atoms with van der Waals surface area (Å²) in [5.41, 5.74) is 1.46. The van der Waals surface area contributed by atoms with Gasteiger partial charge in [0.15, 0.2) is 0 Å². The number of benzene rings is 1. The van der Waals surface area contributed by atoms with E-state index < -0.39 is 0 Å². The molecule has 0 radical (unpaired) electrons. The molecule has 1 nitrogen and oxygen atoms in total. The third-order valence-electron chi connectivity index (χ3n) is 3.25. The van der Waals surface area contributed by atoms with E-state index in [0.29, 0.717) is 0 Å². The predicted molar refractivity (Wildman–Crippen MR) is 66.5 cm³/mol. The van der Waals surface area contributed by atoms with Crippen LogP contribution in [0.2, 0.25) is 0 Å². The fraction of sp³-hybridized carbons (Fsp3) is 0.538. The molecule has 1 aromatic carbocycles. The first-order chi connectivity index (χ1) is 7.31. The standard InChI is InChI=1S/C13H17BrO/c1-15-13-8-7-11(9-12(13)14)10-5-3-2-4-6-10/h7-10H,2-6H2,1H3. The number of rotatable bonds is 2. The summed E-state index contributed by atoms with van der Waals surface area (Å²) in [6.07, 6.45) is 6.87. The SMILES string of the molecule is COc1ccc(C2CCCCC2)cc1Br. The molecule has 0 unspecified atom stereocenters. The van der Waals surface area contributed by atoms with Crippen LogP contribution in [-0.4, -0.2) is 7.11 Å². The van der Waals surface area contributed by atoms with Crippen molar-refractivity contribution in [1.29, 1.82) is 0 Å². The number of ether oxygens (including phenoxy) is 1. The minimum absolute atomic E-state index is 0.765. The first-order valence-electron chi connectivity index (χ1n) is 5.64. The third kappa shape index (κ3) is 2.54. The summed E-state index contributed by atoms with van der Waals surface area (Å²) < 4.78 is 6.32. The zero-order chi connectivity index (χ0) is 10.7. The highest BCUT2D eigenvalue weighted by Crippen LogP contribution is 2.35. The van der Waals surface area contributed by atoms with Gasteiger partial charge < -0.3 is 4.74 Å². The van der Waals surface area contributed by atoms with Crippen LogP contribution in [0.1, 0.15) is 43.6 Å². The maximum absolute atomic E-state index is 5.24. The van der Waals surface area contributed by atoms with Crippen molar-refractivity contribution in [1.82, 2.24) is 0 Å². The van der Waals surface area contributed by atoms with Gasteiger partial charge in [-0.2, -0.15) is 0 Å². The lowest BCUT2D eigenvalue weighted by Gasteiger charge is -2.22. The van der Waals surface area contributed by atoms with Gasteiger partial charge >= 0.3 is 0 Å². The quantitative estimate of drug-likeness (QED) is 0.767. The van der Waals surface area contributed by atoms with Crippen LogP contribution in [0.5, 0.6) is 5.75 Å². The first-order valence-corrected chi connectivity index (χ1v) is 6.44. The van der Waals surface area contributed by atoms with Crippen molar-refractivity contribution in [2.75, 3.05) is 7.11 Å². The smallest absolute Gasteiger partial charge is 0.133 e. The van der Waals surface area contributed by atoms with E-state index in [2.05, 4.69) is 34.1 Å². The molecule has 2 rings (SSSR count). The largest absolute Gasteiger partial charge is 0.496 e. The van der Waals surface area contributed by atoms with E-state index in [1.54, 1.807) is 7.11 Å². The average Bonchev–Trinajstić information content (AvgIpc) is 2.30. The molecule has 0 spiro atoms. The number of hydrogen-bond acceptors (Lipinski definition) is 1. The topological polar surface area (TPSA) is 9.23 Å². The molecule has 0 heterocycles. The van der Waals surface area contributed by atoms with E-state index in [-0.39, 0.29) is 0 Å². The van der Waals surface area contributed by atoms with E-state index in [1.807, 2.05) is 0 Å². The molecule has 1 saturated carbocycles. The summed E-state index contributed by atoms with van der Waals surface area (Å²) in [4.78, 5) is 0. The van der Waals surface area contributed by atoms with Crippen LogP contribution in [-0.2, 0) is 0 Å². The Morgan fingerprint density at radius 3 is 2.53 bits per heavy atom. The van der Waals surface area contributed by atoms with E-state index in [9.17, 15) is 0 Å². The Labute approximate surface area is 100.0 Å². The lowest BCUT2D eigenvalue weighted by Crippen LogP contribution is -2.04. The molecule has 0 saturated heterocycles. The van der Waals surface area contributed by atoms with Crippen molar-refractivity contribution in [2.45, 2.75) is 38.0 Å². The molecule has 0 bridgehead atoms. The number of methoxy groups -OCH3 is 1. The first kappa shape index (κ1) is 11.0.